The van der Waals surface area contributed by atoms with E-state index in [-0.39, 0.29) is 0 Å². The van der Waals surface area contributed by atoms with Crippen molar-refractivity contribution in [2.24, 2.45) is 0 Å². The maximum atomic E-state index is 5.36. The molecule has 0 fully saturated rings. The summed E-state index contributed by atoms with van der Waals surface area (Å²) in [6.45, 7) is 0. The Morgan fingerprint density at radius 3 is 2.72 bits per heavy atom. The van der Waals surface area contributed by atoms with Crippen molar-refractivity contribution in [2.75, 3.05) is 7.11 Å². The minimum atomic E-state index is 0.759. The number of nitrogens with zero attached hydrogens (tertiary/aromatic N) is 3. The summed E-state index contributed by atoms with van der Waals surface area (Å²) in [5.41, 5.74) is 1.71. The Morgan fingerprint density at radius 2 is 1.89 bits per heavy atom. The van der Waals surface area contributed by atoms with Crippen LogP contribution in [0.25, 0.3) is 17.0 Å². The molecule has 0 spiro atoms. The number of hydrogen-bond donors (Lipinski definition) is 0. The van der Waals surface area contributed by atoms with E-state index in [0.29, 0.717) is 0 Å². The van der Waals surface area contributed by atoms with Gasteiger partial charge in [0, 0.05) is 0 Å². The van der Waals surface area contributed by atoms with Crippen molar-refractivity contribution in [2.45, 2.75) is 0 Å². The van der Waals surface area contributed by atoms with E-state index in [9.17, 15) is 0 Å². The molecule has 0 aliphatic carbocycles. The lowest BCUT2D eigenvalue weighted by atomic mass is 10.2. The van der Waals surface area contributed by atoms with E-state index in [1.807, 2.05) is 46.9 Å². The summed E-state index contributed by atoms with van der Waals surface area (Å²) in [5, 5.41) is 8.40. The molecule has 3 aromatic rings. The van der Waals surface area contributed by atoms with Crippen molar-refractivity contribution in [3.05, 3.63) is 47.1 Å². The van der Waals surface area contributed by atoms with Crippen molar-refractivity contribution in [1.82, 2.24) is 14.6 Å². The van der Waals surface area contributed by atoms with Crippen molar-refractivity contribution < 1.29 is 4.74 Å². The minimum Gasteiger partial charge on any atom is -0.496 e. The van der Waals surface area contributed by atoms with Crippen LogP contribution in [0.3, 0.4) is 0 Å². The van der Waals surface area contributed by atoms with Gasteiger partial charge in [0.2, 0.25) is 0 Å². The Hall–Kier alpha value is -1.88. The first-order valence-electron chi connectivity index (χ1n) is 5.44. The number of fused-ring (bicyclic) bond motifs is 1. The lowest BCUT2D eigenvalue weighted by molar-refractivity contribution is 0.416. The standard InChI is InChI=1S/C13H10BrN3O/c1-18-10-6-3-2-5-9(10)13-16-15-12-8-4-7-11(14)17(12)13/h2-8H,1H3. The van der Waals surface area contributed by atoms with Crippen LogP contribution in [0.1, 0.15) is 0 Å². The van der Waals surface area contributed by atoms with Gasteiger partial charge in [-0.15, -0.1) is 10.2 Å². The lowest BCUT2D eigenvalue weighted by Gasteiger charge is -2.07. The number of benzene rings is 1. The topological polar surface area (TPSA) is 39.4 Å². The smallest absolute Gasteiger partial charge is 0.173 e. The Balaban J connectivity index is 2.32. The second-order valence-corrected chi connectivity index (χ2v) is 4.58. The number of pyridine rings is 1. The number of halogens is 1. The zero-order chi connectivity index (χ0) is 12.5. The molecule has 2 heterocycles. The van der Waals surface area contributed by atoms with Gasteiger partial charge >= 0.3 is 0 Å². The van der Waals surface area contributed by atoms with Crippen LogP contribution in [-0.2, 0) is 0 Å². The van der Waals surface area contributed by atoms with Gasteiger partial charge in [-0.25, -0.2) is 0 Å². The largest absolute Gasteiger partial charge is 0.496 e. The quantitative estimate of drug-likeness (QED) is 0.683. The summed E-state index contributed by atoms with van der Waals surface area (Å²) >= 11 is 3.51. The molecule has 1 aromatic carbocycles. The Bertz CT molecular complexity index is 708. The monoisotopic (exact) mass is 303 g/mol. The van der Waals surface area contributed by atoms with Crippen molar-refractivity contribution >= 4 is 21.6 Å². The molecule has 0 saturated heterocycles. The zero-order valence-electron chi connectivity index (χ0n) is 9.67. The molecule has 0 N–H and O–H groups in total. The highest BCUT2D eigenvalue weighted by molar-refractivity contribution is 9.10. The first-order chi connectivity index (χ1) is 8.81. The van der Waals surface area contributed by atoms with Gasteiger partial charge in [0.1, 0.15) is 5.75 Å². The fraction of sp³-hybridized carbons (Fsp3) is 0.0769. The van der Waals surface area contributed by atoms with Crippen molar-refractivity contribution in [3.8, 4) is 17.1 Å². The fourth-order valence-corrected chi connectivity index (χ4v) is 2.41. The molecule has 0 bridgehead atoms. The number of methoxy groups -OCH3 is 1. The van der Waals surface area contributed by atoms with Crippen molar-refractivity contribution in [3.63, 3.8) is 0 Å². The van der Waals surface area contributed by atoms with Gasteiger partial charge in [0.25, 0.3) is 0 Å². The summed E-state index contributed by atoms with van der Waals surface area (Å²) in [4.78, 5) is 0. The molecule has 18 heavy (non-hydrogen) atoms. The van der Waals surface area contributed by atoms with Crippen molar-refractivity contribution in [1.29, 1.82) is 0 Å². The summed E-state index contributed by atoms with van der Waals surface area (Å²) in [7, 11) is 1.65. The average molecular weight is 304 g/mol. The Kier molecular flexibility index (Phi) is 2.76. The zero-order valence-corrected chi connectivity index (χ0v) is 11.3. The first kappa shape index (κ1) is 11.2. The van der Waals surface area contributed by atoms with Crippen LogP contribution < -0.4 is 4.74 Å². The SMILES string of the molecule is COc1ccccc1-c1nnc2cccc(Br)n12. The van der Waals surface area contributed by atoms with Crippen LogP contribution in [-0.4, -0.2) is 21.7 Å². The van der Waals surface area contributed by atoms with Crippen LogP contribution in [0.5, 0.6) is 5.75 Å². The van der Waals surface area contributed by atoms with Gasteiger partial charge in [0.05, 0.1) is 17.3 Å². The summed E-state index contributed by atoms with van der Waals surface area (Å²) in [6.07, 6.45) is 0. The number of rotatable bonds is 2. The molecule has 3 rings (SSSR count). The molecule has 0 amide bonds. The molecule has 90 valence electrons. The van der Waals surface area contributed by atoms with Crippen LogP contribution in [0.4, 0.5) is 0 Å². The van der Waals surface area contributed by atoms with Crippen LogP contribution in [0.15, 0.2) is 47.1 Å². The van der Waals surface area contributed by atoms with E-state index < -0.39 is 0 Å². The third kappa shape index (κ3) is 1.67. The van der Waals surface area contributed by atoms with E-state index in [4.69, 9.17) is 4.74 Å². The second-order valence-electron chi connectivity index (χ2n) is 3.77. The summed E-state index contributed by atoms with van der Waals surface area (Å²) in [5.74, 6) is 1.54. The Labute approximate surface area is 112 Å². The van der Waals surface area contributed by atoms with Crippen LogP contribution in [0.2, 0.25) is 0 Å². The maximum absolute atomic E-state index is 5.36. The number of para-hydroxylation sites is 1. The molecule has 0 atom stereocenters. The molecular weight excluding hydrogens is 294 g/mol. The third-order valence-electron chi connectivity index (χ3n) is 2.73. The normalized spacial score (nSPS) is 10.8. The fourth-order valence-electron chi connectivity index (χ4n) is 1.91. The van der Waals surface area contributed by atoms with Gasteiger partial charge in [-0.3, -0.25) is 4.40 Å². The molecule has 4 nitrogen and oxygen atoms in total. The summed E-state index contributed by atoms with van der Waals surface area (Å²) < 4.78 is 8.21. The van der Waals surface area contributed by atoms with E-state index in [2.05, 4.69) is 26.1 Å². The molecule has 0 radical (unpaired) electrons. The first-order valence-corrected chi connectivity index (χ1v) is 6.23. The number of aromatic nitrogens is 3. The molecule has 0 saturated carbocycles. The minimum absolute atomic E-state index is 0.759. The van der Waals surface area contributed by atoms with E-state index in [0.717, 1.165) is 27.4 Å². The molecule has 0 aliphatic rings. The molecule has 0 unspecified atom stereocenters. The van der Waals surface area contributed by atoms with E-state index in [1.165, 1.54) is 0 Å². The third-order valence-corrected chi connectivity index (χ3v) is 3.35. The highest BCUT2D eigenvalue weighted by Gasteiger charge is 2.13. The summed E-state index contributed by atoms with van der Waals surface area (Å²) in [6, 6.07) is 13.6. The highest BCUT2D eigenvalue weighted by atomic mass is 79.9. The van der Waals surface area contributed by atoms with Gasteiger partial charge < -0.3 is 4.74 Å². The molecule has 2 aromatic heterocycles. The van der Waals surface area contributed by atoms with Crippen LogP contribution >= 0.6 is 15.9 Å². The average Bonchev–Trinajstić information content (AvgIpc) is 2.84. The maximum Gasteiger partial charge on any atom is 0.173 e. The van der Waals surface area contributed by atoms with E-state index >= 15 is 0 Å². The second kappa shape index (κ2) is 4.42. The molecule has 5 heteroatoms. The number of ether oxygens (including phenoxy) is 1. The van der Waals surface area contributed by atoms with Gasteiger partial charge in [-0.1, -0.05) is 18.2 Å². The predicted octanol–water partition coefficient (Wildman–Crippen LogP) is 3.17. The van der Waals surface area contributed by atoms with Crippen LogP contribution in [0, 0.1) is 0 Å². The predicted molar refractivity (Wildman–Crippen MR) is 72.7 cm³/mol. The van der Waals surface area contributed by atoms with Gasteiger partial charge in [-0.05, 0) is 40.2 Å². The van der Waals surface area contributed by atoms with Gasteiger partial charge in [0.15, 0.2) is 11.5 Å². The molecule has 0 aliphatic heterocycles. The van der Waals surface area contributed by atoms with Gasteiger partial charge in [-0.2, -0.15) is 0 Å². The molecular formula is C13H10BrN3O. The number of hydrogen-bond acceptors (Lipinski definition) is 3. The van der Waals surface area contributed by atoms with E-state index in [1.54, 1.807) is 7.11 Å². The lowest BCUT2D eigenvalue weighted by Crippen LogP contribution is -1.94. The highest BCUT2D eigenvalue weighted by Crippen LogP contribution is 2.29. The Morgan fingerprint density at radius 1 is 1.06 bits per heavy atom.